The summed E-state index contributed by atoms with van der Waals surface area (Å²) in [6.45, 7) is 2.06. The third kappa shape index (κ3) is 5.98. The average molecular weight is 621 g/mol. The van der Waals surface area contributed by atoms with Gasteiger partial charge in [0, 0.05) is 68.2 Å². The Morgan fingerprint density at radius 1 is 1.09 bits per heavy atom. The molecule has 0 aliphatic carbocycles. The van der Waals surface area contributed by atoms with E-state index in [0.29, 0.717) is 66.9 Å². The van der Waals surface area contributed by atoms with Gasteiger partial charge >= 0.3 is 11.9 Å². The average Bonchev–Trinajstić information content (AvgIpc) is 3.49. The highest BCUT2D eigenvalue weighted by Gasteiger charge is 2.33. The Kier molecular flexibility index (Phi) is 7.69. The van der Waals surface area contributed by atoms with E-state index in [0.717, 1.165) is 24.1 Å². The number of sulfonamides is 1. The first-order chi connectivity index (χ1) is 20.4. The number of nitrogens with zero attached hydrogens (tertiary/aromatic N) is 6. The Morgan fingerprint density at radius 2 is 1.81 bits per heavy atom. The molecule has 11 nitrogen and oxygen atoms in total. The fourth-order valence-corrected chi connectivity index (χ4v) is 6.85. The van der Waals surface area contributed by atoms with Crippen molar-refractivity contribution < 1.29 is 31.1 Å². The number of aromatic nitrogens is 4. The third-order valence-electron chi connectivity index (χ3n) is 8.20. The van der Waals surface area contributed by atoms with Crippen molar-refractivity contribution in [2.45, 2.75) is 50.7 Å². The van der Waals surface area contributed by atoms with Crippen LogP contribution in [0.2, 0.25) is 0 Å². The van der Waals surface area contributed by atoms with E-state index < -0.39 is 33.6 Å². The maximum Gasteiger partial charge on any atom is 0.421 e. The lowest BCUT2D eigenvalue weighted by atomic mass is 10.0. The summed E-state index contributed by atoms with van der Waals surface area (Å²) in [6, 6.07) is 7.98. The monoisotopic (exact) mass is 620 g/mol. The number of benzene rings is 1. The second kappa shape index (κ2) is 11.2. The normalized spacial score (nSPS) is 18.3. The quantitative estimate of drug-likeness (QED) is 0.334. The third-order valence-corrected chi connectivity index (χ3v) is 9.45. The molecular formula is C28H31F3N6O5S. The van der Waals surface area contributed by atoms with Crippen molar-refractivity contribution in [2.24, 2.45) is 0 Å². The Labute approximate surface area is 245 Å². The Bertz CT molecular complexity index is 1790. The molecule has 0 amide bonds. The van der Waals surface area contributed by atoms with Gasteiger partial charge in [0.05, 0.1) is 30.2 Å². The van der Waals surface area contributed by atoms with Crippen molar-refractivity contribution in [3.8, 4) is 11.3 Å². The topological polar surface area (TPSA) is 127 Å². The lowest BCUT2D eigenvalue weighted by Crippen LogP contribution is -2.42. The maximum absolute atomic E-state index is 13.1. The van der Waals surface area contributed by atoms with Crippen LogP contribution in [0.5, 0.6) is 0 Å². The van der Waals surface area contributed by atoms with Gasteiger partial charge in [-0.2, -0.15) is 22.6 Å². The van der Waals surface area contributed by atoms with Gasteiger partial charge in [-0.05, 0) is 37.1 Å². The van der Waals surface area contributed by atoms with E-state index in [-0.39, 0.29) is 25.7 Å². The number of rotatable bonds is 7. The molecule has 0 radical (unpaired) electrons. The van der Waals surface area contributed by atoms with Gasteiger partial charge in [-0.3, -0.25) is 9.25 Å². The maximum atomic E-state index is 13.1. The molecule has 1 N–H and O–H groups in total. The second-order valence-corrected chi connectivity index (χ2v) is 13.1. The van der Waals surface area contributed by atoms with Crippen LogP contribution < -0.4 is 5.76 Å². The standard InChI is InChI=1S/C28H31F3N6O5S/c1-43(40,41)35-14-10-23-22(17-35)25(18-4-6-19(7-5-18)28(29,30)31)33-36(23)16-21(38)15-34-12-8-20(9-13-34)37-26-24(42-27(37)39)3-2-11-32-26/h2-7,11,20-21,38H,8-10,12-17H2,1H3. The molecule has 1 atom stereocenters. The number of β-amino-alcohol motifs (C(OH)–C–C–N with tert-alkyl or cyclic N) is 1. The molecule has 0 saturated carbocycles. The number of aliphatic hydroxyl groups excluding tert-OH is 1. The minimum atomic E-state index is -4.48. The molecule has 4 aromatic rings. The molecule has 230 valence electrons. The number of likely N-dealkylation sites (tertiary alicyclic amines) is 1. The summed E-state index contributed by atoms with van der Waals surface area (Å²) in [4.78, 5) is 18.9. The lowest BCUT2D eigenvalue weighted by Gasteiger charge is -2.33. The van der Waals surface area contributed by atoms with Gasteiger partial charge in [0.2, 0.25) is 10.0 Å². The van der Waals surface area contributed by atoms with Crippen LogP contribution in [-0.2, 0) is 35.7 Å². The van der Waals surface area contributed by atoms with Crippen molar-refractivity contribution in [1.29, 1.82) is 0 Å². The summed E-state index contributed by atoms with van der Waals surface area (Å²) in [5.74, 6) is -0.436. The van der Waals surface area contributed by atoms with Crippen molar-refractivity contribution in [3.63, 3.8) is 0 Å². The van der Waals surface area contributed by atoms with Crippen LogP contribution in [-0.4, -0.2) is 80.6 Å². The smallest absolute Gasteiger partial charge is 0.406 e. The number of hydrogen-bond acceptors (Lipinski definition) is 8. The van der Waals surface area contributed by atoms with Gasteiger partial charge in [-0.15, -0.1) is 0 Å². The predicted molar refractivity (Wildman–Crippen MR) is 151 cm³/mol. The molecule has 0 spiro atoms. The number of pyridine rings is 1. The number of piperidine rings is 1. The summed E-state index contributed by atoms with van der Waals surface area (Å²) < 4.78 is 73.9. The minimum Gasteiger partial charge on any atom is -0.406 e. The number of oxazole rings is 1. The Hall–Kier alpha value is -3.53. The molecule has 2 aliphatic heterocycles. The summed E-state index contributed by atoms with van der Waals surface area (Å²) >= 11 is 0. The first-order valence-corrected chi connectivity index (χ1v) is 15.8. The largest absolute Gasteiger partial charge is 0.421 e. The van der Waals surface area contributed by atoms with Gasteiger partial charge in [0.15, 0.2) is 11.2 Å². The molecule has 2 aliphatic rings. The van der Waals surface area contributed by atoms with Crippen LogP contribution in [0.15, 0.2) is 51.8 Å². The van der Waals surface area contributed by atoms with Gasteiger partial charge in [0.25, 0.3) is 0 Å². The fourth-order valence-electron chi connectivity index (χ4n) is 6.06. The van der Waals surface area contributed by atoms with Gasteiger partial charge in [-0.1, -0.05) is 12.1 Å². The second-order valence-electron chi connectivity index (χ2n) is 11.1. The lowest BCUT2D eigenvalue weighted by molar-refractivity contribution is -0.137. The molecule has 43 heavy (non-hydrogen) atoms. The summed E-state index contributed by atoms with van der Waals surface area (Å²) in [7, 11) is -3.50. The molecule has 1 saturated heterocycles. The highest BCUT2D eigenvalue weighted by Crippen LogP contribution is 2.34. The van der Waals surface area contributed by atoms with E-state index in [2.05, 4.69) is 15.0 Å². The Balaban J connectivity index is 1.17. The summed E-state index contributed by atoms with van der Waals surface area (Å²) in [5.41, 5.74) is 2.39. The fraction of sp³-hybridized carbons (Fsp3) is 0.464. The van der Waals surface area contributed by atoms with E-state index in [9.17, 15) is 31.5 Å². The summed E-state index contributed by atoms with van der Waals surface area (Å²) in [6.07, 6.45) is -0.849. The predicted octanol–water partition coefficient (Wildman–Crippen LogP) is 2.89. The van der Waals surface area contributed by atoms with E-state index in [1.165, 1.54) is 16.4 Å². The van der Waals surface area contributed by atoms with Gasteiger partial charge in [-0.25, -0.2) is 18.2 Å². The highest BCUT2D eigenvalue weighted by atomic mass is 32.2. The molecule has 6 rings (SSSR count). The van der Waals surface area contributed by atoms with E-state index in [4.69, 9.17) is 4.42 Å². The zero-order valence-corrected chi connectivity index (χ0v) is 24.2. The SMILES string of the molecule is CS(=O)(=O)N1CCc2c(c(-c3ccc(C(F)(F)F)cc3)nn2CC(O)CN2CCC(n3c(=O)oc4cccnc43)CC2)C1. The van der Waals surface area contributed by atoms with Crippen LogP contribution in [0.4, 0.5) is 13.2 Å². The first kappa shape index (κ1) is 29.5. The van der Waals surface area contributed by atoms with Crippen LogP contribution in [0, 0.1) is 0 Å². The van der Waals surface area contributed by atoms with Crippen molar-refractivity contribution in [2.75, 3.05) is 32.4 Å². The van der Waals surface area contributed by atoms with Crippen LogP contribution >= 0.6 is 0 Å². The van der Waals surface area contributed by atoms with Crippen LogP contribution in [0.1, 0.15) is 35.7 Å². The van der Waals surface area contributed by atoms with E-state index in [1.807, 2.05) is 0 Å². The molecule has 15 heteroatoms. The number of alkyl halides is 3. The van der Waals surface area contributed by atoms with E-state index >= 15 is 0 Å². The van der Waals surface area contributed by atoms with Crippen molar-refractivity contribution in [1.82, 2.24) is 28.5 Å². The summed E-state index contributed by atoms with van der Waals surface area (Å²) in [5, 5.41) is 15.7. The number of halogens is 3. The number of aliphatic hydroxyl groups is 1. The Morgan fingerprint density at radius 3 is 2.49 bits per heavy atom. The molecule has 1 aromatic carbocycles. The highest BCUT2D eigenvalue weighted by molar-refractivity contribution is 7.88. The molecular weight excluding hydrogens is 589 g/mol. The van der Waals surface area contributed by atoms with Crippen LogP contribution in [0.3, 0.4) is 0 Å². The molecule has 1 unspecified atom stereocenters. The molecule has 3 aromatic heterocycles. The van der Waals surface area contributed by atoms with Crippen molar-refractivity contribution in [3.05, 3.63) is 70.0 Å². The van der Waals surface area contributed by atoms with Gasteiger partial charge in [0.1, 0.15) is 0 Å². The molecule has 1 fully saturated rings. The minimum absolute atomic E-state index is 0.0467. The number of hydrogen-bond donors (Lipinski definition) is 1. The van der Waals surface area contributed by atoms with E-state index in [1.54, 1.807) is 27.6 Å². The van der Waals surface area contributed by atoms with Crippen molar-refractivity contribution >= 4 is 21.3 Å². The first-order valence-electron chi connectivity index (χ1n) is 14.0. The molecule has 0 bridgehead atoms. The number of fused-ring (bicyclic) bond motifs is 2. The van der Waals surface area contributed by atoms with Crippen LogP contribution in [0.25, 0.3) is 22.5 Å². The zero-order chi connectivity index (χ0) is 30.5. The zero-order valence-electron chi connectivity index (χ0n) is 23.4. The molecule has 5 heterocycles. The van der Waals surface area contributed by atoms with Gasteiger partial charge < -0.3 is 14.4 Å².